The third-order valence-electron chi connectivity index (χ3n) is 4.01. The van der Waals surface area contributed by atoms with Gasteiger partial charge in [0.1, 0.15) is 0 Å². The van der Waals surface area contributed by atoms with E-state index < -0.39 is 0 Å². The van der Waals surface area contributed by atoms with Crippen molar-refractivity contribution >= 4 is 51.8 Å². The number of hydrogen-bond donors (Lipinski definition) is 1. The second-order valence-electron chi connectivity index (χ2n) is 5.59. The van der Waals surface area contributed by atoms with Gasteiger partial charge in [-0.25, -0.2) is 4.98 Å². The average molecular weight is 385 g/mol. The minimum Gasteiger partial charge on any atom is -0.380 e. The van der Waals surface area contributed by atoms with Gasteiger partial charge in [-0.15, -0.1) is 11.3 Å². The lowest BCUT2D eigenvalue weighted by molar-refractivity contribution is -0.129. The fourth-order valence-electron chi connectivity index (χ4n) is 2.69. The van der Waals surface area contributed by atoms with E-state index in [1.807, 2.05) is 23.1 Å². The molecular formula is C16H18Cl2N4OS. The van der Waals surface area contributed by atoms with Gasteiger partial charge < -0.3 is 15.1 Å². The number of carbonyl (C=O) groups is 1. The van der Waals surface area contributed by atoms with Crippen LogP contribution in [-0.4, -0.2) is 42.0 Å². The largest absolute Gasteiger partial charge is 0.380 e. The van der Waals surface area contributed by atoms with E-state index in [1.165, 1.54) is 11.3 Å². The second-order valence-corrected chi connectivity index (χ2v) is 7.70. The summed E-state index contributed by atoms with van der Waals surface area (Å²) >= 11 is 13.7. The maximum atomic E-state index is 11.4. The molecule has 0 radical (unpaired) electrons. The van der Waals surface area contributed by atoms with Crippen LogP contribution in [0.1, 0.15) is 11.8 Å². The zero-order valence-corrected chi connectivity index (χ0v) is 15.6. The van der Waals surface area contributed by atoms with Gasteiger partial charge in [0.2, 0.25) is 5.91 Å². The molecule has 0 aliphatic carbocycles. The van der Waals surface area contributed by atoms with Crippen LogP contribution in [0.25, 0.3) is 0 Å². The smallest absolute Gasteiger partial charge is 0.219 e. The summed E-state index contributed by atoms with van der Waals surface area (Å²) in [4.78, 5) is 20.6. The van der Waals surface area contributed by atoms with Gasteiger partial charge in [0.25, 0.3) is 0 Å². The number of halogens is 2. The van der Waals surface area contributed by atoms with Crippen LogP contribution in [0.4, 0.5) is 11.4 Å². The van der Waals surface area contributed by atoms with Crippen molar-refractivity contribution < 1.29 is 4.79 Å². The summed E-state index contributed by atoms with van der Waals surface area (Å²) < 4.78 is 0.546. The number of hydrogen-bond acceptors (Lipinski definition) is 5. The van der Waals surface area contributed by atoms with E-state index in [0.29, 0.717) is 16.0 Å². The van der Waals surface area contributed by atoms with E-state index in [2.05, 4.69) is 15.2 Å². The minimum atomic E-state index is 0.128. The van der Waals surface area contributed by atoms with Crippen LogP contribution < -0.4 is 10.2 Å². The summed E-state index contributed by atoms with van der Waals surface area (Å²) in [6, 6.07) is 5.96. The Morgan fingerprint density at radius 1 is 1.29 bits per heavy atom. The molecule has 1 aromatic carbocycles. The number of piperazine rings is 1. The molecular weight excluding hydrogens is 367 g/mol. The number of benzene rings is 1. The number of thiazole rings is 1. The van der Waals surface area contributed by atoms with Crippen LogP contribution in [0, 0.1) is 0 Å². The standard InChI is InChI=1S/C16H18Cl2N4OS/c1-11(23)21-4-6-22(7-5-21)15-3-2-12(8-14(15)17)19-9-13-10-20-16(18)24-13/h2-3,8,10,19H,4-7,9H2,1H3. The highest BCUT2D eigenvalue weighted by Crippen LogP contribution is 2.30. The molecule has 128 valence electrons. The van der Waals surface area contributed by atoms with Crippen LogP contribution in [0.2, 0.25) is 9.49 Å². The van der Waals surface area contributed by atoms with Crippen LogP contribution in [0.15, 0.2) is 24.4 Å². The number of nitrogens with zero attached hydrogens (tertiary/aromatic N) is 3. The van der Waals surface area contributed by atoms with Crippen LogP contribution in [0.5, 0.6) is 0 Å². The Bertz CT molecular complexity index is 729. The van der Waals surface area contributed by atoms with Gasteiger partial charge in [-0.2, -0.15) is 0 Å². The lowest BCUT2D eigenvalue weighted by atomic mass is 10.2. The highest BCUT2D eigenvalue weighted by molar-refractivity contribution is 7.15. The van der Waals surface area contributed by atoms with Crippen LogP contribution in [0.3, 0.4) is 0 Å². The third kappa shape index (κ3) is 4.12. The summed E-state index contributed by atoms with van der Waals surface area (Å²) in [7, 11) is 0. The molecule has 24 heavy (non-hydrogen) atoms. The van der Waals surface area contributed by atoms with Gasteiger partial charge in [-0.3, -0.25) is 4.79 Å². The first kappa shape index (κ1) is 17.3. The van der Waals surface area contributed by atoms with E-state index >= 15 is 0 Å². The first-order chi connectivity index (χ1) is 11.5. The number of carbonyl (C=O) groups excluding carboxylic acids is 1. The quantitative estimate of drug-likeness (QED) is 0.872. The molecule has 1 amide bonds. The van der Waals surface area contributed by atoms with E-state index in [9.17, 15) is 4.79 Å². The van der Waals surface area contributed by atoms with E-state index in [1.54, 1.807) is 13.1 Å². The summed E-state index contributed by atoms with van der Waals surface area (Å²) in [5.74, 6) is 0.128. The fourth-order valence-corrected chi connectivity index (χ4v) is 3.91. The second kappa shape index (κ2) is 7.59. The Labute approximate surface area is 155 Å². The van der Waals surface area contributed by atoms with Crippen molar-refractivity contribution in [2.75, 3.05) is 36.4 Å². The summed E-state index contributed by atoms with van der Waals surface area (Å²) in [6.07, 6.45) is 1.77. The molecule has 0 bridgehead atoms. The molecule has 0 spiro atoms. The fraction of sp³-hybridized carbons (Fsp3) is 0.375. The molecule has 0 atom stereocenters. The van der Waals surface area contributed by atoms with Gasteiger partial charge in [0.15, 0.2) is 4.47 Å². The van der Waals surface area contributed by atoms with Crippen molar-refractivity contribution in [2.24, 2.45) is 0 Å². The predicted octanol–water partition coefficient (Wildman–Crippen LogP) is 3.73. The van der Waals surface area contributed by atoms with Crippen LogP contribution in [-0.2, 0) is 11.3 Å². The molecule has 8 heteroatoms. The maximum Gasteiger partial charge on any atom is 0.219 e. The van der Waals surface area contributed by atoms with E-state index in [0.717, 1.165) is 42.4 Å². The first-order valence-electron chi connectivity index (χ1n) is 7.67. The normalized spacial score (nSPS) is 14.8. The molecule has 0 unspecified atom stereocenters. The predicted molar refractivity (Wildman–Crippen MR) is 100 cm³/mol. The van der Waals surface area contributed by atoms with Crippen LogP contribution >= 0.6 is 34.5 Å². The molecule has 1 aliphatic heterocycles. The number of aromatic nitrogens is 1. The number of anilines is 2. The lowest BCUT2D eigenvalue weighted by Crippen LogP contribution is -2.48. The van der Waals surface area contributed by atoms with E-state index in [4.69, 9.17) is 23.2 Å². The molecule has 2 heterocycles. The number of rotatable bonds is 4. The van der Waals surface area contributed by atoms with Gasteiger partial charge in [0.05, 0.1) is 17.3 Å². The monoisotopic (exact) mass is 384 g/mol. The zero-order chi connectivity index (χ0) is 17.1. The number of nitrogens with one attached hydrogen (secondary N) is 1. The van der Waals surface area contributed by atoms with Gasteiger partial charge in [-0.1, -0.05) is 23.2 Å². The highest BCUT2D eigenvalue weighted by Gasteiger charge is 2.20. The SMILES string of the molecule is CC(=O)N1CCN(c2ccc(NCc3cnc(Cl)s3)cc2Cl)CC1. The molecule has 5 nitrogen and oxygen atoms in total. The molecule has 2 aromatic rings. The topological polar surface area (TPSA) is 48.5 Å². The van der Waals surface area contributed by atoms with Gasteiger partial charge in [0, 0.05) is 49.9 Å². The van der Waals surface area contributed by atoms with Gasteiger partial charge >= 0.3 is 0 Å². The molecule has 3 rings (SSSR count). The summed E-state index contributed by atoms with van der Waals surface area (Å²) in [5.41, 5.74) is 1.96. The molecule has 1 aromatic heterocycles. The Kier molecular flexibility index (Phi) is 5.48. The molecule has 1 aliphatic rings. The summed E-state index contributed by atoms with van der Waals surface area (Å²) in [6.45, 7) is 5.34. The first-order valence-corrected chi connectivity index (χ1v) is 9.24. The Hall–Kier alpha value is -1.50. The van der Waals surface area contributed by atoms with E-state index in [-0.39, 0.29) is 5.91 Å². The highest BCUT2D eigenvalue weighted by atomic mass is 35.5. The zero-order valence-electron chi connectivity index (χ0n) is 13.3. The summed E-state index contributed by atoms with van der Waals surface area (Å²) in [5, 5.41) is 4.03. The van der Waals surface area contributed by atoms with Crippen molar-refractivity contribution in [2.45, 2.75) is 13.5 Å². The Morgan fingerprint density at radius 2 is 2.04 bits per heavy atom. The molecule has 1 fully saturated rings. The third-order valence-corrected chi connectivity index (χ3v) is 5.42. The Balaban J connectivity index is 1.61. The lowest BCUT2D eigenvalue weighted by Gasteiger charge is -2.36. The molecule has 1 N–H and O–H groups in total. The van der Waals surface area contributed by atoms with Gasteiger partial charge in [-0.05, 0) is 18.2 Å². The van der Waals surface area contributed by atoms with Crippen molar-refractivity contribution in [3.63, 3.8) is 0 Å². The van der Waals surface area contributed by atoms with Crippen molar-refractivity contribution in [1.82, 2.24) is 9.88 Å². The maximum absolute atomic E-state index is 11.4. The van der Waals surface area contributed by atoms with Crippen molar-refractivity contribution in [3.05, 3.63) is 38.8 Å². The number of amides is 1. The average Bonchev–Trinajstić information content (AvgIpc) is 2.99. The minimum absolute atomic E-state index is 0.128. The molecule has 0 saturated carbocycles. The van der Waals surface area contributed by atoms with Crippen molar-refractivity contribution in [1.29, 1.82) is 0 Å². The Morgan fingerprint density at radius 3 is 2.62 bits per heavy atom. The molecule has 1 saturated heterocycles. The van der Waals surface area contributed by atoms with Crippen molar-refractivity contribution in [3.8, 4) is 0 Å².